The molecule has 0 atom stereocenters. The molecular weight excluding hydrogens is 311 g/mol. The number of benzene rings is 2. The van der Waals surface area contributed by atoms with Crippen molar-refractivity contribution < 1.29 is 9.59 Å². The van der Waals surface area contributed by atoms with E-state index in [-0.39, 0.29) is 18.2 Å². The first-order valence-corrected chi connectivity index (χ1v) is 6.99. The van der Waals surface area contributed by atoms with Gasteiger partial charge in [-0.1, -0.05) is 41.4 Å². The summed E-state index contributed by atoms with van der Waals surface area (Å²) >= 11 is 12.0. The number of halogens is 2. The van der Waals surface area contributed by atoms with Crippen molar-refractivity contribution in [3.05, 3.63) is 52.5 Å². The van der Waals surface area contributed by atoms with Crippen LogP contribution in [0.1, 0.15) is 6.42 Å². The molecule has 0 aromatic heterocycles. The number of anilines is 3. The molecule has 0 aliphatic carbocycles. The van der Waals surface area contributed by atoms with E-state index in [2.05, 4.69) is 5.32 Å². The van der Waals surface area contributed by atoms with Crippen molar-refractivity contribution in [1.82, 2.24) is 0 Å². The summed E-state index contributed by atoms with van der Waals surface area (Å²) in [4.78, 5) is 25.6. The van der Waals surface area contributed by atoms with Crippen molar-refractivity contribution in [1.29, 1.82) is 0 Å². The Bertz CT molecular complexity index is 732. The van der Waals surface area contributed by atoms with Crippen molar-refractivity contribution in [3.63, 3.8) is 0 Å². The smallest absolute Gasteiger partial charge is 0.241 e. The highest BCUT2D eigenvalue weighted by Gasteiger charge is 2.28. The Kier molecular flexibility index (Phi) is 3.57. The lowest BCUT2D eigenvalue weighted by atomic mass is 10.2. The number of carbonyl (C=O) groups excluding carboxylic acids is 2. The van der Waals surface area contributed by atoms with Gasteiger partial charge in [0.15, 0.2) is 0 Å². The van der Waals surface area contributed by atoms with E-state index in [9.17, 15) is 9.59 Å². The number of fused-ring (bicyclic) bond motifs is 1. The molecule has 0 spiro atoms. The molecule has 2 aromatic rings. The summed E-state index contributed by atoms with van der Waals surface area (Å²) in [6, 6.07) is 12.2. The molecule has 3 rings (SSSR count). The van der Waals surface area contributed by atoms with E-state index < -0.39 is 0 Å². The molecule has 4 nitrogen and oxygen atoms in total. The lowest BCUT2D eigenvalue weighted by molar-refractivity contribution is -0.124. The number of hydrogen-bond donors (Lipinski definition) is 1. The van der Waals surface area contributed by atoms with Gasteiger partial charge in [-0.3, -0.25) is 14.5 Å². The molecule has 1 aliphatic rings. The third-order valence-corrected chi connectivity index (χ3v) is 3.85. The Morgan fingerprint density at radius 3 is 2.38 bits per heavy atom. The Morgan fingerprint density at radius 1 is 1.00 bits per heavy atom. The normalized spacial score (nSPS) is 14.5. The quantitative estimate of drug-likeness (QED) is 0.807. The lowest BCUT2D eigenvalue weighted by Gasteiger charge is -2.22. The van der Waals surface area contributed by atoms with Crippen LogP contribution < -0.4 is 10.2 Å². The number of nitrogens with one attached hydrogen (secondary N) is 1. The van der Waals surface area contributed by atoms with Crippen molar-refractivity contribution in [2.45, 2.75) is 6.42 Å². The molecule has 21 heavy (non-hydrogen) atoms. The summed E-state index contributed by atoms with van der Waals surface area (Å²) in [6.07, 6.45) is -0.237. The van der Waals surface area contributed by atoms with Crippen LogP contribution in [0.2, 0.25) is 10.0 Å². The zero-order valence-corrected chi connectivity index (χ0v) is 12.3. The highest BCUT2D eigenvalue weighted by Crippen LogP contribution is 2.39. The molecule has 0 saturated carbocycles. The third-order valence-electron chi connectivity index (χ3n) is 3.13. The summed E-state index contributed by atoms with van der Waals surface area (Å²) in [6.45, 7) is 0. The number of nitrogens with zero attached hydrogens (tertiary/aromatic N) is 1. The maximum Gasteiger partial charge on any atom is 0.241 e. The summed E-state index contributed by atoms with van der Waals surface area (Å²) in [5.74, 6) is -0.700. The van der Waals surface area contributed by atoms with Crippen LogP contribution in [0.5, 0.6) is 0 Å². The Morgan fingerprint density at radius 2 is 1.67 bits per heavy atom. The molecule has 0 fully saturated rings. The van der Waals surface area contributed by atoms with Gasteiger partial charge in [0.2, 0.25) is 11.8 Å². The molecule has 6 heteroatoms. The maximum atomic E-state index is 12.4. The lowest BCUT2D eigenvalue weighted by Crippen LogP contribution is -2.26. The molecule has 0 radical (unpaired) electrons. The van der Waals surface area contributed by atoms with Gasteiger partial charge in [-0.2, -0.15) is 0 Å². The minimum Gasteiger partial charge on any atom is -0.324 e. The van der Waals surface area contributed by atoms with E-state index in [0.29, 0.717) is 27.1 Å². The second kappa shape index (κ2) is 5.39. The number of rotatable bonds is 1. The minimum absolute atomic E-state index is 0.237. The molecule has 0 saturated heterocycles. The third kappa shape index (κ3) is 2.60. The number of hydrogen-bond acceptors (Lipinski definition) is 2. The zero-order valence-electron chi connectivity index (χ0n) is 10.8. The van der Waals surface area contributed by atoms with E-state index in [4.69, 9.17) is 23.2 Å². The molecule has 1 heterocycles. The highest BCUT2D eigenvalue weighted by molar-refractivity contribution is 6.42. The first-order chi connectivity index (χ1) is 10.1. The standard InChI is InChI=1S/C15H10Cl2N2O2/c16-10-6-12-13(7-11(10)17)19(9-4-2-1-3-5-9)15(21)8-14(20)18-12/h1-7H,8H2,(H,18,20). The van der Waals surface area contributed by atoms with Crippen molar-refractivity contribution in [2.75, 3.05) is 10.2 Å². The molecule has 0 unspecified atom stereocenters. The van der Waals surface area contributed by atoms with Crippen LogP contribution >= 0.6 is 23.2 Å². The Balaban J connectivity index is 2.22. The van der Waals surface area contributed by atoms with Crippen LogP contribution in [0, 0.1) is 0 Å². The van der Waals surface area contributed by atoms with E-state index in [1.165, 1.54) is 4.90 Å². The predicted molar refractivity (Wildman–Crippen MR) is 83.3 cm³/mol. The van der Waals surface area contributed by atoms with Crippen LogP contribution in [0.25, 0.3) is 0 Å². The number of carbonyl (C=O) groups is 2. The molecule has 106 valence electrons. The van der Waals surface area contributed by atoms with Crippen LogP contribution in [0.3, 0.4) is 0 Å². The molecule has 1 N–H and O–H groups in total. The molecule has 1 aliphatic heterocycles. The molecular formula is C15H10Cl2N2O2. The van der Waals surface area contributed by atoms with Gasteiger partial charge in [-0.25, -0.2) is 0 Å². The first kappa shape index (κ1) is 13.9. The average Bonchev–Trinajstić information content (AvgIpc) is 2.56. The fraction of sp³-hybridized carbons (Fsp3) is 0.0667. The second-order valence-electron chi connectivity index (χ2n) is 4.57. The Labute approximate surface area is 131 Å². The van der Waals surface area contributed by atoms with Gasteiger partial charge >= 0.3 is 0 Å². The first-order valence-electron chi connectivity index (χ1n) is 6.23. The largest absolute Gasteiger partial charge is 0.324 e. The summed E-state index contributed by atoms with van der Waals surface area (Å²) in [5, 5.41) is 3.31. The fourth-order valence-corrected chi connectivity index (χ4v) is 2.55. The molecule has 2 amide bonds. The van der Waals surface area contributed by atoms with E-state index in [1.54, 1.807) is 24.3 Å². The topological polar surface area (TPSA) is 49.4 Å². The van der Waals surface area contributed by atoms with Crippen molar-refractivity contribution >= 4 is 52.1 Å². The van der Waals surface area contributed by atoms with Crippen LogP contribution in [-0.4, -0.2) is 11.8 Å². The Hall–Kier alpha value is -2.04. The van der Waals surface area contributed by atoms with Gasteiger partial charge in [0.1, 0.15) is 6.42 Å². The maximum absolute atomic E-state index is 12.4. The SMILES string of the molecule is O=C1CC(=O)N(c2ccccc2)c2cc(Cl)c(Cl)cc2N1. The zero-order chi connectivity index (χ0) is 15.0. The monoisotopic (exact) mass is 320 g/mol. The van der Waals surface area contributed by atoms with Gasteiger partial charge in [-0.05, 0) is 24.3 Å². The van der Waals surface area contributed by atoms with Gasteiger partial charge in [0, 0.05) is 5.69 Å². The van der Waals surface area contributed by atoms with Gasteiger partial charge in [0.05, 0.1) is 21.4 Å². The number of para-hydroxylation sites is 1. The van der Waals surface area contributed by atoms with Gasteiger partial charge in [-0.15, -0.1) is 0 Å². The van der Waals surface area contributed by atoms with Gasteiger partial charge < -0.3 is 5.32 Å². The van der Waals surface area contributed by atoms with Crippen LogP contribution in [-0.2, 0) is 9.59 Å². The minimum atomic E-state index is -0.377. The fourth-order valence-electron chi connectivity index (χ4n) is 2.23. The highest BCUT2D eigenvalue weighted by atomic mass is 35.5. The second-order valence-corrected chi connectivity index (χ2v) is 5.39. The summed E-state index contributed by atoms with van der Waals surface area (Å²) < 4.78 is 0. The van der Waals surface area contributed by atoms with Crippen molar-refractivity contribution in [2.24, 2.45) is 0 Å². The van der Waals surface area contributed by atoms with Gasteiger partial charge in [0.25, 0.3) is 0 Å². The average molecular weight is 321 g/mol. The summed E-state index contributed by atoms with van der Waals surface area (Å²) in [7, 11) is 0. The number of amides is 2. The summed E-state index contributed by atoms with van der Waals surface area (Å²) in [5.41, 5.74) is 1.63. The van der Waals surface area contributed by atoms with E-state index in [0.717, 1.165) is 0 Å². The molecule has 0 bridgehead atoms. The predicted octanol–water partition coefficient (Wildman–Crippen LogP) is 4.00. The van der Waals surface area contributed by atoms with Crippen LogP contribution in [0.4, 0.5) is 17.1 Å². The van der Waals surface area contributed by atoms with E-state index >= 15 is 0 Å². The molecule has 2 aromatic carbocycles. The van der Waals surface area contributed by atoms with Crippen molar-refractivity contribution in [3.8, 4) is 0 Å². The van der Waals surface area contributed by atoms with E-state index in [1.807, 2.05) is 18.2 Å². The van der Waals surface area contributed by atoms with Crippen LogP contribution in [0.15, 0.2) is 42.5 Å².